The Labute approximate surface area is 109 Å². The van der Waals surface area contributed by atoms with Crippen LogP contribution in [0.3, 0.4) is 0 Å². The maximum Gasteiger partial charge on any atom is 0.416 e. The second-order valence-corrected chi connectivity index (χ2v) is 4.45. The average molecular weight is 266 g/mol. The van der Waals surface area contributed by atoms with E-state index in [4.69, 9.17) is 4.74 Å². The van der Waals surface area contributed by atoms with E-state index in [1.165, 1.54) is 0 Å². The SMILES string of the molecule is Cc1cccc(Oc2cc(C)cc(C(F)(F)F)c2)c1. The molecule has 0 fully saturated rings. The minimum Gasteiger partial charge on any atom is -0.457 e. The van der Waals surface area contributed by atoms with Gasteiger partial charge in [-0.1, -0.05) is 12.1 Å². The summed E-state index contributed by atoms with van der Waals surface area (Å²) < 4.78 is 43.6. The standard InChI is InChI=1S/C15H13F3O/c1-10-4-3-5-13(7-10)19-14-8-11(2)6-12(9-14)15(16,17)18/h3-9H,1-2H3. The van der Waals surface area contributed by atoms with E-state index in [1.54, 1.807) is 31.2 Å². The summed E-state index contributed by atoms with van der Waals surface area (Å²) in [5, 5.41) is 0. The predicted molar refractivity (Wildman–Crippen MR) is 67.4 cm³/mol. The largest absolute Gasteiger partial charge is 0.457 e. The Morgan fingerprint density at radius 1 is 0.842 bits per heavy atom. The smallest absolute Gasteiger partial charge is 0.416 e. The molecule has 4 heteroatoms. The summed E-state index contributed by atoms with van der Waals surface area (Å²) in [6.45, 7) is 3.50. The van der Waals surface area contributed by atoms with Crippen molar-refractivity contribution in [3.63, 3.8) is 0 Å². The fourth-order valence-electron chi connectivity index (χ4n) is 1.79. The fraction of sp³-hybridized carbons (Fsp3) is 0.200. The van der Waals surface area contributed by atoms with Gasteiger partial charge in [0, 0.05) is 0 Å². The first-order valence-corrected chi connectivity index (χ1v) is 5.78. The Bertz CT molecular complexity index is 588. The average Bonchev–Trinajstić information content (AvgIpc) is 2.26. The first-order valence-electron chi connectivity index (χ1n) is 5.78. The molecule has 2 aromatic carbocycles. The van der Waals surface area contributed by atoms with Crippen molar-refractivity contribution in [1.82, 2.24) is 0 Å². The number of rotatable bonds is 2. The number of hydrogen-bond donors (Lipinski definition) is 0. The molecule has 0 spiro atoms. The first kappa shape index (κ1) is 13.5. The zero-order chi connectivity index (χ0) is 14.0. The molecule has 0 aliphatic heterocycles. The van der Waals surface area contributed by atoms with E-state index in [9.17, 15) is 13.2 Å². The van der Waals surface area contributed by atoms with Crippen molar-refractivity contribution >= 4 is 0 Å². The lowest BCUT2D eigenvalue weighted by Crippen LogP contribution is -2.05. The van der Waals surface area contributed by atoms with Crippen LogP contribution in [0, 0.1) is 13.8 Å². The normalized spacial score (nSPS) is 11.4. The van der Waals surface area contributed by atoms with Crippen LogP contribution in [0.5, 0.6) is 11.5 Å². The zero-order valence-corrected chi connectivity index (χ0v) is 10.6. The highest BCUT2D eigenvalue weighted by molar-refractivity contribution is 5.39. The maximum absolute atomic E-state index is 12.7. The van der Waals surface area contributed by atoms with E-state index >= 15 is 0 Å². The Kier molecular flexibility index (Phi) is 3.51. The van der Waals surface area contributed by atoms with E-state index in [2.05, 4.69) is 0 Å². The number of hydrogen-bond acceptors (Lipinski definition) is 1. The molecule has 0 atom stereocenters. The Morgan fingerprint density at radius 2 is 1.53 bits per heavy atom. The molecule has 2 aromatic rings. The van der Waals surface area contributed by atoms with Crippen LogP contribution in [0.4, 0.5) is 13.2 Å². The number of ether oxygens (including phenoxy) is 1. The molecule has 0 saturated carbocycles. The van der Waals surface area contributed by atoms with Gasteiger partial charge in [-0.05, 0) is 55.3 Å². The van der Waals surface area contributed by atoms with Gasteiger partial charge < -0.3 is 4.74 Å². The molecule has 0 amide bonds. The monoisotopic (exact) mass is 266 g/mol. The van der Waals surface area contributed by atoms with Gasteiger partial charge in [0.05, 0.1) is 5.56 Å². The van der Waals surface area contributed by atoms with Crippen molar-refractivity contribution in [2.45, 2.75) is 20.0 Å². The molecule has 19 heavy (non-hydrogen) atoms. The van der Waals surface area contributed by atoms with Gasteiger partial charge in [-0.15, -0.1) is 0 Å². The Hall–Kier alpha value is -1.97. The first-order chi connectivity index (χ1) is 8.84. The number of aryl methyl sites for hydroxylation is 2. The van der Waals surface area contributed by atoms with Crippen LogP contribution in [-0.4, -0.2) is 0 Å². The summed E-state index contributed by atoms with van der Waals surface area (Å²) >= 11 is 0. The summed E-state index contributed by atoms with van der Waals surface area (Å²) in [7, 11) is 0. The molecule has 0 unspecified atom stereocenters. The van der Waals surface area contributed by atoms with Crippen LogP contribution in [0.2, 0.25) is 0 Å². The van der Waals surface area contributed by atoms with Gasteiger partial charge in [0.1, 0.15) is 11.5 Å². The third-order valence-electron chi connectivity index (χ3n) is 2.60. The van der Waals surface area contributed by atoms with Crippen LogP contribution >= 0.6 is 0 Å². The molecule has 0 radical (unpaired) electrons. The van der Waals surface area contributed by atoms with Crippen molar-refractivity contribution in [2.24, 2.45) is 0 Å². The molecular formula is C15H13F3O. The van der Waals surface area contributed by atoms with Gasteiger partial charge in [-0.25, -0.2) is 0 Å². The topological polar surface area (TPSA) is 9.23 Å². The van der Waals surface area contributed by atoms with Gasteiger partial charge in [-0.2, -0.15) is 13.2 Å². The van der Waals surface area contributed by atoms with E-state index in [0.29, 0.717) is 11.3 Å². The number of benzene rings is 2. The predicted octanol–water partition coefficient (Wildman–Crippen LogP) is 5.11. The molecule has 1 nitrogen and oxygen atoms in total. The summed E-state index contributed by atoms with van der Waals surface area (Å²) in [6, 6.07) is 10.9. The lowest BCUT2D eigenvalue weighted by atomic mass is 10.1. The summed E-state index contributed by atoms with van der Waals surface area (Å²) in [5.41, 5.74) is 0.800. The lowest BCUT2D eigenvalue weighted by molar-refractivity contribution is -0.137. The minimum absolute atomic E-state index is 0.193. The highest BCUT2D eigenvalue weighted by atomic mass is 19.4. The lowest BCUT2D eigenvalue weighted by Gasteiger charge is -2.12. The molecule has 0 bridgehead atoms. The van der Waals surface area contributed by atoms with E-state index in [1.807, 2.05) is 13.0 Å². The van der Waals surface area contributed by atoms with Crippen LogP contribution in [-0.2, 0) is 6.18 Å². The molecule has 0 heterocycles. The third-order valence-corrected chi connectivity index (χ3v) is 2.60. The summed E-state index contributed by atoms with van der Waals surface area (Å²) in [5.74, 6) is 0.719. The van der Waals surface area contributed by atoms with Crippen molar-refractivity contribution in [3.8, 4) is 11.5 Å². The van der Waals surface area contributed by atoms with E-state index < -0.39 is 11.7 Å². The summed E-state index contributed by atoms with van der Waals surface area (Å²) in [4.78, 5) is 0. The minimum atomic E-state index is -4.36. The van der Waals surface area contributed by atoms with Crippen molar-refractivity contribution < 1.29 is 17.9 Å². The highest BCUT2D eigenvalue weighted by Crippen LogP contribution is 2.34. The highest BCUT2D eigenvalue weighted by Gasteiger charge is 2.31. The van der Waals surface area contributed by atoms with Gasteiger partial charge in [0.25, 0.3) is 0 Å². The summed E-state index contributed by atoms with van der Waals surface area (Å²) in [6.07, 6.45) is -4.36. The van der Waals surface area contributed by atoms with Crippen LogP contribution in [0.1, 0.15) is 16.7 Å². The molecule has 0 N–H and O–H groups in total. The van der Waals surface area contributed by atoms with Gasteiger partial charge in [-0.3, -0.25) is 0 Å². The number of alkyl halides is 3. The molecule has 0 aromatic heterocycles. The molecular weight excluding hydrogens is 253 g/mol. The van der Waals surface area contributed by atoms with Crippen LogP contribution < -0.4 is 4.74 Å². The second-order valence-electron chi connectivity index (χ2n) is 4.45. The van der Waals surface area contributed by atoms with Gasteiger partial charge in [0.2, 0.25) is 0 Å². The fourth-order valence-corrected chi connectivity index (χ4v) is 1.79. The van der Waals surface area contributed by atoms with Crippen molar-refractivity contribution in [2.75, 3.05) is 0 Å². The molecule has 0 aliphatic rings. The van der Waals surface area contributed by atoms with E-state index in [0.717, 1.165) is 17.7 Å². The molecule has 0 saturated heterocycles. The van der Waals surface area contributed by atoms with Crippen LogP contribution in [0.15, 0.2) is 42.5 Å². The third kappa shape index (κ3) is 3.50. The maximum atomic E-state index is 12.7. The van der Waals surface area contributed by atoms with E-state index in [-0.39, 0.29) is 5.75 Å². The molecule has 2 rings (SSSR count). The number of halogens is 3. The molecule has 0 aliphatic carbocycles. The van der Waals surface area contributed by atoms with Gasteiger partial charge >= 0.3 is 6.18 Å². The zero-order valence-electron chi connectivity index (χ0n) is 10.6. The molecule has 100 valence electrons. The van der Waals surface area contributed by atoms with Crippen LogP contribution in [0.25, 0.3) is 0 Å². The quantitative estimate of drug-likeness (QED) is 0.733. The van der Waals surface area contributed by atoms with Gasteiger partial charge in [0.15, 0.2) is 0 Å². The Morgan fingerprint density at radius 3 is 2.16 bits per heavy atom. The Balaban J connectivity index is 2.33. The van der Waals surface area contributed by atoms with Crippen molar-refractivity contribution in [3.05, 3.63) is 59.2 Å². The second kappa shape index (κ2) is 4.96. The van der Waals surface area contributed by atoms with Crippen molar-refractivity contribution in [1.29, 1.82) is 0 Å².